The zero-order chi connectivity index (χ0) is 13.6. The monoisotopic (exact) mass is 291 g/mol. The smallest absolute Gasteiger partial charge is 0.148 e. The third-order valence-electron chi connectivity index (χ3n) is 3.62. The lowest BCUT2D eigenvalue weighted by molar-refractivity contribution is 0.384. The molecule has 0 aliphatic heterocycles. The molecule has 1 aromatic heterocycles. The van der Waals surface area contributed by atoms with E-state index in [9.17, 15) is 0 Å². The quantitative estimate of drug-likeness (QED) is 0.611. The summed E-state index contributed by atoms with van der Waals surface area (Å²) in [5.74, 6) is 1.43. The Hall–Kier alpha value is -1.19. The summed E-state index contributed by atoms with van der Waals surface area (Å²) >= 11 is 11.9. The van der Waals surface area contributed by atoms with Gasteiger partial charge in [0.25, 0.3) is 0 Å². The normalized spacial score (nSPS) is 14.7. The van der Waals surface area contributed by atoms with Crippen LogP contribution in [0.15, 0.2) is 22.9 Å². The Balaban J connectivity index is 2.04. The minimum absolute atomic E-state index is 0.497. The molecule has 0 amide bonds. The van der Waals surface area contributed by atoms with Crippen LogP contribution in [0.1, 0.15) is 46.8 Å². The molecule has 1 heterocycles. The molecule has 1 fully saturated rings. The molecule has 0 N–H and O–H groups in total. The minimum Gasteiger partial charge on any atom is -0.360 e. The highest BCUT2D eigenvalue weighted by atomic mass is 35.5. The van der Waals surface area contributed by atoms with Gasteiger partial charge in [0.1, 0.15) is 5.76 Å². The number of rotatable bonds is 3. The summed E-state index contributed by atoms with van der Waals surface area (Å²) in [6.45, 7) is 4.00. The lowest BCUT2D eigenvalue weighted by Crippen LogP contribution is -2.04. The summed E-state index contributed by atoms with van der Waals surface area (Å²) in [7, 11) is 0. The van der Waals surface area contributed by atoms with Crippen molar-refractivity contribution < 1.29 is 4.52 Å². The number of halogens is 1. The van der Waals surface area contributed by atoms with Crippen molar-refractivity contribution in [3.8, 4) is 0 Å². The van der Waals surface area contributed by atoms with Gasteiger partial charge in [0, 0.05) is 10.9 Å². The predicted molar refractivity (Wildman–Crippen MR) is 80.2 cm³/mol. The summed E-state index contributed by atoms with van der Waals surface area (Å²) in [5.41, 5.74) is 4.03. The average Bonchev–Trinajstić information content (AvgIpc) is 3.13. The highest BCUT2D eigenvalue weighted by Gasteiger charge is 2.31. The van der Waals surface area contributed by atoms with E-state index >= 15 is 0 Å². The highest BCUT2D eigenvalue weighted by Crippen LogP contribution is 2.42. The molecular formula is C15H14ClNOS. The second kappa shape index (κ2) is 4.73. The first kappa shape index (κ1) is 12.8. The average molecular weight is 292 g/mol. The van der Waals surface area contributed by atoms with E-state index in [0.717, 1.165) is 37.9 Å². The Morgan fingerprint density at radius 1 is 1.32 bits per heavy atom. The van der Waals surface area contributed by atoms with Crippen molar-refractivity contribution in [2.24, 2.45) is 0 Å². The Morgan fingerprint density at radius 3 is 2.74 bits per heavy atom. The van der Waals surface area contributed by atoms with Crippen molar-refractivity contribution in [3.63, 3.8) is 0 Å². The number of thiocarbonyl (C=S) groups is 1. The van der Waals surface area contributed by atoms with E-state index in [1.165, 1.54) is 12.8 Å². The van der Waals surface area contributed by atoms with Crippen LogP contribution < -0.4 is 0 Å². The zero-order valence-electron chi connectivity index (χ0n) is 10.9. The van der Waals surface area contributed by atoms with Gasteiger partial charge < -0.3 is 4.52 Å². The largest absolute Gasteiger partial charge is 0.360 e. The van der Waals surface area contributed by atoms with E-state index < -0.39 is 0 Å². The molecule has 1 aromatic carbocycles. The zero-order valence-corrected chi connectivity index (χ0v) is 12.4. The first-order valence-corrected chi connectivity index (χ1v) is 7.13. The molecule has 19 heavy (non-hydrogen) atoms. The van der Waals surface area contributed by atoms with Crippen LogP contribution in [0.4, 0.5) is 0 Å². The Kier molecular flexibility index (Phi) is 3.19. The van der Waals surface area contributed by atoms with E-state index in [0.29, 0.717) is 5.92 Å². The molecule has 0 radical (unpaired) electrons. The Bertz CT molecular complexity index is 658. The molecule has 1 saturated carbocycles. The molecule has 0 saturated heterocycles. The van der Waals surface area contributed by atoms with E-state index in [1.54, 1.807) is 6.20 Å². The van der Waals surface area contributed by atoms with Crippen molar-refractivity contribution in [2.75, 3.05) is 0 Å². The second-order valence-electron chi connectivity index (χ2n) is 5.08. The van der Waals surface area contributed by atoms with Crippen LogP contribution in [0.2, 0.25) is 5.02 Å². The summed E-state index contributed by atoms with van der Waals surface area (Å²) in [6.07, 6.45) is 4.06. The van der Waals surface area contributed by atoms with Crippen LogP contribution in [0.25, 0.3) is 0 Å². The number of benzene rings is 1. The summed E-state index contributed by atoms with van der Waals surface area (Å²) in [4.78, 5) is 0.780. The van der Waals surface area contributed by atoms with Crippen molar-refractivity contribution in [1.29, 1.82) is 0 Å². The third kappa shape index (κ3) is 2.21. The van der Waals surface area contributed by atoms with Crippen molar-refractivity contribution in [1.82, 2.24) is 5.16 Å². The Morgan fingerprint density at radius 2 is 2.05 bits per heavy atom. The van der Waals surface area contributed by atoms with E-state index in [2.05, 4.69) is 5.16 Å². The number of aromatic nitrogens is 1. The maximum absolute atomic E-state index is 6.30. The van der Waals surface area contributed by atoms with Gasteiger partial charge in [0.2, 0.25) is 0 Å². The van der Waals surface area contributed by atoms with E-state index in [-0.39, 0.29) is 0 Å². The van der Waals surface area contributed by atoms with Gasteiger partial charge in [-0.15, -0.1) is 0 Å². The van der Waals surface area contributed by atoms with Gasteiger partial charge in [0.05, 0.1) is 16.6 Å². The second-order valence-corrected chi connectivity index (χ2v) is 5.86. The van der Waals surface area contributed by atoms with Crippen molar-refractivity contribution in [2.45, 2.75) is 32.6 Å². The lowest BCUT2D eigenvalue weighted by atomic mass is 9.98. The maximum atomic E-state index is 6.30. The van der Waals surface area contributed by atoms with Gasteiger partial charge in [-0.3, -0.25) is 0 Å². The molecule has 0 atom stereocenters. The van der Waals surface area contributed by atoms with E-state index in [1.807, 2.05) is 26.0 Å². The van der Waals surface area contributed by atoms with Gasteiger partial charge in [-0.2, -0.15) is 0 Å². The molecule has 98 valence electrons. The van der Waals surface area contributed by atoms with Crippen LogP contribution in [-0.2, 0) is 0 Å². The van der Waals surface area contributed by atoms with E-state index in [4.69, 9.17) is 28.3 Å². The fraction of sp³-hybridized carbons (Fsp3) is 0.333. The van der Waals surface area contributed by atoms with Gasteiger partial charge in [-0.05, 0) is 43.4 Å². The molecule has 3 rings (SSSR count). The van der Waals surface area contributed by atoms with Gasteiger partial charge in [-0.25, -0.2) is 0 Å². The number of aryl methyl sites for hydroxylation is 1. The minimum atomic E-state index is 0.497. The van der Waals surface area contributed by atoms with Crippen LogP contribution in [-0.4, -0.2) is 10.0 Å². The number of nitrogens with zero attached hydrogens (tertiary/aromatic N) is 1. The topological polar surface area (TPSA) is 26.0 Å². The summed E-state index contributed by atoms with van der Waals surface area (Å²) < 4.78 is 5.35. The molecule has 2 nitrogen and oxygen atoms in total. The molecule has 2 aromatic rings. The third-order valence-corrected chi connectivity index (χ3v) is 4.64. The maximum Gasteiger partial charge on any atom is 0.148 e. The molecule has 0 bridgehead atoms. The molecule has 0 spiro atoms. The fourth-order valence-corrected chi connectivity index (χ4v) is 2.81. The summed E-state index contributed by atoms with van der Waals surface area (Å²) in [5, 5.41) is 4.69. The van der Waals surface area contributed by atoms with Crippen LogP contribution in [0, 0.1) is 13.8 Å². The predicted octanol–water partition coefficient (Wildman–Crippen LogP) is 4.59. The molecule has 4 heteroatoms. The summed E-state index contributed by atoms with van der Waals surface area (Å²) in [6, 6.07) is 4.03. The number of hydrogen-bond donors (Lipinski definition) is 0. The van der Waals surface area contributed by atoms with Gasteiger partial charge in [-0.1, -0.05) is 41.1 Å². The van der Waals surface area contributed by atoms with Crippen LogP contribution in [0.5, 0.6) is 0 Å². The van der Waals surface area contributed by atoms with Gasteiger partial charge in [0.15, 0.2) is 0 Å². The Labute approximate surface area is 122 Å². The van der Waals surface area contributed by atoms with Crippen molar-refractivity contribution in [3.05, 3.63) is 51.4 Å². The van der Waals surface area contributed by atoms with Gasteiger partial charge >= 0.3 is 0 Å². The number of hydrogen-bond acceptors (Lipinski definition) is 3. The lowest BCUT2D eigenvalue weighted by Gasteiger charge is -2.10. The molecule has 1 aliphatic carbocycles. The SMILES string of the molecule is Cc1ccc(C(=S)c2cnoc2C2CC2)c(C)c1Cl. The molecule has 1 aliphatic rings. The van der Waals surface area contributed by atoms with Crippen LogP contribution >= 0.6 is 23.8 Å². The molecular weight excluding hydrogens is 278 g/mol. The van der Waals surface area contributed by atoms with Crippen LogP contribution in [0.3, 0.4) is 0 Å². The fourth-order valence-electron chi connectivity index (χ4n) is 2.27. The standard InChI is InChI=1S/C15H14ClNOS/c1-8-3-6-11(9(2)13(8)16)15(19)12-7-17-18-14(12)10-4-5-10/h3,6-7,10H,4-5H2,1-2H3. The first-order chi connectivity index (χ1) is 9.09. The molecule has 0 unspecified atom stereocenters. The highest BCUT2D eigenvalue weighted by molar-refractivity contribution is 7.81. The van der Waals surface area contributed by atoms with Crippen molar-refractivity contribution >= 4 is 28.7 Å². The first-order valence-electron chi connectivity index (χ1n) is 6.34.